The Kier molecular flexibility index (Phi) is 5.11. The van der Waals surface area contributed by atoms with Gasteiger partial charge in [0.1, 0.15) is 10.9 Å². The van der Waals surface area contributed by atoms with E-state index in [1.165, 1.54) is 5.69 Å². The van der Waals surface area contributed by atoms with Crippen molar-refractivity contribution in [3.05, 3.63) is 59.1 Å². The molecule has 0 atom stereocenters. The number of para-hydroxylation sites is 1. The first-order valence-electron chi connectivity index (χ1n) is 8.96. The zero-order valence-electron chi connectivity index (χ0n) is 14.9. The van der Waals surface area contributed by atoms with Crippen molar-refractivity contribution in [2.24, 2.45) is 0 Å². The summed E-state index contributed by atoms with van der Waals surface area (Å²) in [5.74, 6) is 0.913. The summed E-state index contributed by atoms with van der Waals surface area (Å²) >= 11 is 6.61. The van der Waals surface area contributed by atoms with E-state index in [2.05, 4.69) is 39.3 Å². The van der Waals surface area contributed by atoms with Crippen molar-refractivity contribution in [2.75, 3.05) is 38.1 Å². The van der Waals surface area contributed by atoms with Gasteiger partial charge in [-0.05, 0) is 25.2 Å². The molecule has 5 nitrogen and oxygen atoms in total. The Bertz CT molecular complexity index is 873. The maximum atomic E-state index is 6.61. The van der Waals surface area contributed by atoms with E-state index < -0.39 is 0 Å². The molecule has 0 bridgehead atoms. The first kappa shape index (κ1) is 17.3. The number of aromatic nitrogens is 1. The number of halogens is 1. The zero-order chi connectivity index (χ0) is 17.9. The number of nitrogens with zero attached hydrogens (tertiary/aromatic N) is 3. The molecule has 0 saturated carbocycles. The van der Waals surface area contributed by atoms with Gasteiger partial charge < -0.3 is 19.5 Å². The Morgan fingerprint density at radius 3 is 2.65 bits per heavy atom. The molecule has 0 radical (unpaired) electrons. The molecule has 1 aliphatic heterocycles. The third kappa shape index (κ3) is 3.56. The molecule has 1 fully saturated rings. The van der Waals surface area contributed by atoms with Crippen LogP contribution in [0.25, 0.3) is 10.9 Å². The molecule has 1 aliphatic rings. The second-order valence-corrected chi connectivity index (χ2v) is 7.08. The van der Waals surface area contributed by atoms with Gasteiger partial charge in [0.15, 0.2) is 0 Å². The highest BCUT2D eigenvalue weighted by Crippen LogP contribution is 2.34. The highest BCUT2D eigenvalue weighted by Gasteiger charge is 2.22. The van der Waals surface area contributed by atoms with Crippen LogP contribution in [-0.4, -0.2) is 43.1 Å². The van der Waals surface area contributed by atoms with Crippen molar-refractivity contribution in [3.8, 4) is 0 Å². The summed E-state index contributed by atoms with van der Waals surface area (Å²) in [6.45, 7) is 5.40. The molecule has 0 amide bonds. The molecule has 3 aromatic rings. The summed E-state index contributed by atoms with van der Waals surface area (Å²) in [6.07, 6.45) is 1.69. The summed E-state index contributed by atoms with van der Waals surface area (Å²) < 4.78 is 5.40. The van der Waals surface area contributed by atoms with Gasteiger partial charge in [-0.1, -0.05) is 29.8 Å². The number of benzene rings is 1. The van der Waals surface area contributed by atoms with Crippen molar-refractivity contribution in [2.45, 2.75) is 13.1 Å². The van der Waals surface area contributed by atoms with Gasteiger partial charge in [-0.2, -0.15) is 0 Å². The summed E-state index contributed by atoms with van der Waals surface area (Å²) in [6, 6.07) is 12.1. The van der Waals surface area contributed by atoms with Crippen molar-refractivity contribution >= 4 is 28.2 Å². The van der Waals surface area contributed by atoms with Crippen molar-refractivity contribution in [3.63, 3.8) is 0 Å². The van der Waals surface area contributed by atoms with Crippen molar-refractivity contribution in [1.82, 2.24) is 15.2 Å². The average molecular weight is 371 g/mol. The molecule has 3 heterocycles. The number of rotatable bonds is 5. The van der Waals surface area contributed by atoms with Gasteiger partial charge >= 0.3 is 0 Å². The number of hydrogen-bond acceptors (Lipinski definition) is 5. The van der Waals surface area contributed by atoms with Gasteiger partial charge in [0.2, 0.25) is 0 Å². The number of likely N-dealkylation sites (N-methyl/N-ethyl adjacent to an activating group) is 1. The minimum Gasteiger partial charge on any atom is -0.468 e. The lowest BCUT2D eigenvalue weighted by Gasteiger charge is -2.36. The molecule has 6 heteroatoms. The highest BCUT2D eigenvalue weighted by atomic mass is 35.5. The van der Waals surface area contributed by atoms with E-state index in [1.54, 1.807) is 6.26 Å². The van der Waals surface area contributed by atoms with Gasteiger partial charge in [-0.15, -0.1) is 0 Å². The van der Waals surface area contributed by atoms with Crippen molar-refractivity contribution < 1.29 is 4.42 Å². The fourth-order valence-corrected chi connectivity index (χ4v) is 3.72. The van der Waals surface area contributed by atoms with E-state index in [-0.39, 0.29) is 0 Å². The largest absolute Gasteiger partial charge is 0.468 e. The summed E-state index contributed by atoms with van der Waals surface area (Å²) in [7, 11) is 2.17. The normalized spacial score (nSPS) is 15.7. The molecule has 2 aromatic heterocycles. The van der Waals surface area contributed by atoms with Crippen LogP contribution in [0.1, 0.15) is 11.3 Å². The Hall–Kier alpha value is -2.08. The first-order valence-corrected chi connectivity index (χ1v) is 9.34. The summed E-state index contributed by atoms with van der Waals surface area (Å²) in [5.41, 5.74) is 3.21. The van der Waals surface area contributed by atoms with Gasteiger partial charge in [0.05, 0.1) is 24.0 Å². The number of hydrogen-bond donors (Lipinski definition) is 1. The molecule has 1 saturated heterocycles. The Labute approximate surface area is 158 Å². The van der Waals surface area contributed by atoms with Crippen LogP contribution < -0.4 is 10.2 Å². The van der Waals surface area contributed by atoms with E-state index in [4.69, 9.17) is 16.0 Å². The monoisotopic (exact) mass is 370 g/mol. The fourth-order valence-electron chi connectivity index (χ4n) is 3.48. The van der Waals surface area contributed by atoms with Crippen LogP contribution in [0.15, 0.2) is 47.1 Å². The third-order valence-corrected chi connectivity index (χ3v) is 5.23. The third-order valence-electron chi connectivity index (χ3n) is 4.91. The molecular formula is C20H23ClN4O. The molecule has 4 rings (SSSR count). The van der Waals surface area contributed by atoms with Crippen LogP contribution in [0.2, 0.25) is 5.15 Å². The number of pyridine rings is 1. The average Bonchev–Trinajstić information content (AvgIpc) is 3.16. The number of furan rings is 1. The number of nitrogens with one attached hydrogen (secondary N) is 1. The first-order chi connectivity index (χ1) is 12.7. The van der Waals surface area contributed by atoms with Crippen LogP contribution in [0.4, 0.5) is 5.69 Å². The molecule has 1 N–H and O–H groups in total. The van der Waals surface area contributed by atoms with Crippen molar-refractivity contribution in [1.29, 1.82) is 0 Å². The molecule has 136 valence electrons. The van der Waals surface area contributed by atoms with Gasteiger partial charge in [-0.25, -0.2) is 4.98 Å². The second kappa shape index (κ2) is 7.66. The van der Waals surface area contributed by atoms with Crippen LogP contribution >= 0.6 is 11.6 Å². The minimum atomic E-state index is 0.574. The lowest BCUT2D eigenvalue weighted by molar-refractivity contribution is 0.313. The van der Waals surface area contributed by atoms with E-state index >= 15 is 0 Å². The highest BCUT2D eigenvalue weighted by molar-refractivity contribution is 6.31. The lowest BCUT2D eigenvalue weighted by Crippen LogP contribution is -2.45. The van der Waals surface area contributed by atoms with Gasteiger partial charge in [-0.3, -0.25) is 0 Å². The minimum absolute atomic E-state index is 0.574. The molecule has 26 heavy (non-hydrogen) atoms. The lowest BCUT2D eigenvalue weighted by atomic mass is 10.1. The predicted octanol–water partition coefficient (Wildman–Crippen LogP) is 3.52. The topological polar surface area (TPSA) is 44.5 Å². The van der Waals surface area contributed by atoms with Gasteiger partial charge in [0, 0.05) is 43.7 Å². The number of anilines is 1. The van der Waals surface area contributed by atoms with Crippen LogP contribution in [0.5, 0.6) is 0 Å². The summed E-state index contributed by atoms with van der Waals surface area (Å²) in [4.78, 5) is 9.43. The summed E-state index contributed by atoms with van der Waals surface area (Å²) in [5, 5.41) is 5.18. The number of fused-ring (bicyclic) bond motifs is 1. The zero-order valence-corrected chi connectivity index (χ0v) is 15.7. The quantitative estimate of drug-likeness (QED) is 0.696. The molecule has 1 aromatic carbocycles. The number of piperazine rings is 1. The van der Waals surface area contributed by atoms with Crippen LogP contribution in [0.3, 0.4) is 0 Å². The van der Waals surface area contributed by atoms with E-state index in [0.717, 1.165) is 48.4 Å². The van der Waals surface area contributed by atoms with E-state index in [9.17, 15) is 0 Å². The van der Waals surface area contributed by atoms with Crippen LogP contribution in [0, 0.1) is 0 Å². The molecule has 0 spiro atoms. The molecule has 0 aliphatic carbocycles. The Balaban J connectivity index is 1.67. The molecule has 0 unspecified atom stereocenters. The van der Waals surface area contributed by atoms with Gasteiger partial charge in [0.25, 0.3) is 0 Å². The smallest absolute Gasteiger partial charge is 0.136 e. The Morgan fingerprint density at radius 1 is 1.08 bits per heavy atom. The maximum Gasteiger partial charge on any atom is 0.136 e. The molecular weight excluding hydrogens is 348 g/mol. The fraction of sp³-hybridized carbons (Fsp3) is 0.350. The van der Waals surface area contributed by atoms with E-state index in [0.29, 0.717) is 18.2 Å². The maximum absolute atomic E-state index is 6.61. The van der Waals surface area contributed by atoms with Crippen LogP contribution in [-0.2, 0) is 13.1 Å². The predicted molar refractivity (Wildman–Crippen MR) is 106 cm³/mol. The SMILES string of the molecule is CN1CCN(c2c(CNCc3ccco3)c(Cl)nc3ccccc23)CC1. The standard InChI is InChI=1S/C20H23ClN4O/c1-24-8-10-25(11-9-24)19-16-6-2-3-7-18(16)23-20(21)17(19)14-22-13-15-5-4-12-26-15/h2-7,12,22H,8-11,13-14H2,1H3. The van der Waals surface area contributed by atoms with E-state index in [1.807, 2.05) is 24.3 Å². The second-order valence-electron chi connectivity index (χ2n) is 6.72. The Morgan fingerprint density at radius 2 is 1.88 bits per heavy atom.